The van der Waals surface area contributed by atoms with Crippen molar-refractivity contribution in [2.75, 3.05) is 19.8 Å². The highest BCUT2D eigenvalue weighted by molar-refractivity contribution is 6.65. The van der Waals surface area contributed by atoms with E-state index in [0.29, 0.717) is 0 Å². The lowest BCUT2D eigenvalue weighted by Crippen LogP contribution is -2.55. The summed E-state index contributed by atoms with van der Waals surface area (Å²) in [4.78, 5) is 0. The van der Waals surface area contributed by atoms with Crippen molar-refractivity contribution in [3.8, 4) is 0 Å². The standard InChI is InChI=1S/C16H30O3Si/c1-4-11-17-20(18-12-5-2,19-13-6-3)16-9-7-15(14-16)8-10-16/h7,9,15H,4-6,8,10-14H2,1-3H3. The summed E-state index contributed by atoms with van der Waals surface area (Å²) < 4.78 is 19.0. The van der Waals surface area contributed by atoms with Crippen LogP contribution in [0.2, 0.25) is 5.04 Å². The van der Waals surface area contributed by atoms with E-state index in [2.05, 4.69) is 32.9 Å². The van der Waals surface area contributed by atoms with Crippen molar-refractivity contribution in [2.45, 2.75) is 64.3 Å². The van der Waals surface area contributed by atoms with Gasteiger partial charge in [-0.3, -0.25) is 0 Å². The van der Waals surface area contributed by atoms with Gasteiger partial charge in [-0.1, -0.05) is 32.9 Å². The van der Waals surface area contributed by atoms with Crippen LogP contribution in [0.5, 0.6) is 0 Å². The third kappa shape index (κ3) is 3.03. The number of allylic oxidation sites excluding steroid dienone is 2. The highest BCUT2D eigenvalue weighted by Crippen LogP contribution is 2.61. The normalized spacial score (nSPS) is 28.4. The van der Waals surface area contributed by atoms with Gasteiger partial charge < -0.3 is 13.3 Å². The molecule has 0 aliphatic heterocycles. The maximum absolute atomic E-state index is 6.33. The fourth-order valence-corrected chi connectivity index (χ4v) is 7.19. The molecule has 0 amide bonds. The topological polar surface area (TPSA) is 27.7 Å². The van der Waals surface area contributed by atoms with E-state index in [0.717, 1.165) is 45.0 Å². The predicted octanol–water partition coefficient (Wildman–Crippen LogP) is 4.32. The summed E-state index contributed by atoms with van der Waals surface area (Å²) in [6, 6.07) is 0. The summed E-state index contributed by atoms with van der Waals surface area (Å²) in [6.45, 7) is 8.70. The number of hydrogen-bond donors (Lipinski definition) is 0. The van der Waals surface area contributed by atoms with E-state index in [1.807, 2.05) is 0 Å². The molecule has 2 atom stereocenters. The Kier molecular flexibility index (Phi) is 5.84. The Morgan fingerprint density at radius 1 is 1.00 bits per heavy atom. The van der Waals surface area contributed by atoms with Gasteiger partial charge in [-0.2, -0.15) is 0 Å². The second kappa shape index (κ2) is 7.21. The van der Waals surface area contributed by atoms with E-state index >= 15 is 0 Å². The highest BCUT2D eigenvalue weighted by Gasteiger charge is 2.64. The number of fused-ring (bicyclic) bond motifs is 2. The molecule has 2 aliphatic carbocycles. The molecule has 116 valence electrons. The van der Waals surface area contributed by atoms with Crippen LogP contribution in [0.3, 0.4) is 0 Å². The molecule has 2 unspecified atom stereocenters. The van der Waals surface area contributed by atoms with Crippen LogP contribution in [0.15, 0.2) is 12.2 Å². The van der Waals surface area contributed by atoms with E-state index in [9.17, 15) is 0 Å². The monoisotopic (exact) mass is 298 g/mol. The average Bonchev–Trinajstić information content (AvgIpc) is 3.09. The van der Waals surface area contributed by atoms with Crippen LogP contribution in [0.25, 0.3) is 0 Å². The fraction of sp³-hybridized carbons (Fsp3) is 0.875. The summed E-state index contributed by atoms with van der Waals surface area (Å²) in [5.74, 6) is 0.725. The maximum Gasteiger partial charge on any atom is 0.511 e. The van der Waals surface area contributed by atoms with E-state index in [1.165, 1.54) is 19.3 Å². The molecule has 0 N–H and O–H groups in total. The maximum atomic E-state index is 6.33. The Bertz CT molecular complexity index is 310. The van der Waals surface area contributed by atoms with Crippen molar-refractivity contribution in [3.63, 3.8) is 0 Å². The van der Waals surface area contributed by atoms with Crippen LogP contribution < -0.4 is 0 Å². The molecule has 2 bridgehead atoms. The Hall–Kier alpha value is -0.163. The lowest BCUT2D eigenvalue weighted by atomic mass is 10.1. The highest BCUT2D eigenvalue weighted by atomic mass is 28.4. The van der Waals surface area contributed by atoms with Gasteiger partial charge in [0.05, 0.1) is 5.04 Å². The Balaban J connectivity index is 2.21. The molecule has 0 aromatic heterocycles. The summed E-state index contributed by atoms with van der Waals surface area (Å²) in [5.41, 5.74) is 0. The molecule has 0 aromatic rings. The van der Waals surface area contributed by atoms with E-state index in [-0.39, 0.29) is 5.04 Å². The van der Waals surface area contributed by atoms with Crippen LogP contribution in [-0.4, -0.2) is 28.6 Å². The molecular weight excluding hydrogens is 268 g/mol. The van der Waals surface area contributed by atoms with Crippen LogP contribution in [-0.2, 0) is 13.3 Å². The van der Waals surface area contributed by atoms with Crippen molar-refractivity contribution < 1.29 is 13.3 Å². The zero-order chi connectivity index (χ0) is 14.5. The summed E-state index contributed by atoms with van der Waals surface area (Å²) >= 11 is 0. The molecule has 1 saturated carbocycles. The number of hydrogen-bond acceptors (Lipinski definition) is 3. The SMILES string of the molecule is CCCO[Si](OCCC)(OCCC)C12C=CC(CC1)C2. The first-order chi connectivity index (χ1) is 9.72. The van der Waals surface area contributed by atoms with E-state index in [4.69, 9.17) is 13.3 Å². The first-order valence-corrected chi connectivity index (χ1v) is 10.1. The second-order valence-corrected chi connectivity index (χ2v) is 9.09. The molecule has 0 aromatic carbocycles. The minimum atomic E-state index is -2.62. The quantitative estimate of drug-likeness (QED) is 0.444. The van der Waals surface area contributed by atoms with Crippen LogP contribution in [0.4, 0.5) is 0 Å². The predicted molar refractivity (Wildman–Crippen MR) is 83.7 cm³/mol. The Morgan fingerprint density at radius 3 is 1.85 bits per heavy atom. The lowest BCUT2D eigenvalue weighted by Gasteiger charge is -2.41. The molecular formula is C16H30O3Si. The van der Waals surface area contributed by atoms with Crippen molar-refractivity contribution in [3.05, 3.63) is 12.2 Å². The Labute approximate surface area is 125 Å². The van der Waals surface area contributed by atoms with Crippen LogP contribution >= 0.6 is 0 Å². The van der Waals surface area contributed by atoms with Gasteiger partial charge in [0.2, 0.25) is 0 Å². The van der Waals surface area contributed by atoms with Gasteiger partial charge in [-0.25, -0.2) is 0 Å². The van der Waals surface area contributed by atoms with Gasteiger partial charge in [0.25, 0.3) is 0 Å². The molecule has 4 heteroatoms. The first kappa shape index (κ1) is 16.2. The van der Waals surface area contributed by atoms with Crippen molar-refractivity contribution in [1.29, 1.82) is 0 Å². The third-order valence-electron chi connectivity index (χ3n) is 4.37. The van der Waals surface area contributed by atoms with Crippen LogP contribution in [0.1, 0.15) is 59.3 Å². The molecule has 0 radical (unpaired) electrons. The van der Waals surface area contributed by atoms with Gasteiger partial charge in [0.15, 0.2) is 0 Å². The van der Waals surface area contributed by atoms with Crippen LogP contribution in [0, 0.1) is 5.92 Å². The van der Waals surface area contributed by atoms with Gasteiger partial charge in [-0.05, 0) is 44.4 Å². The zero-order valence-corrected chi connectivity index (χ0v) is 14.3. The molecule has 0 saturated heterocycles. The van der Waals surface area contributed by atoms with Crippen molar-refractivity contribution in [1.82, 2.24) is 0 Å². The van der Waals surface area contributed by atoms with Crippen molar-refractivity contribution >= 4 is 8.80 Å². The molecule has 0 spiro atoms. The zero-order valence-electron chi connectivity index (χ0n) is 13.3. The first-order valence-electron chi connectivity index (χ1n) is 8.33. The van der Waals surface area contributed by atoms with E-state index < -0.39 is 8.80 Å². The molecule has 20 heavy (non-hydrogen) atoms. The molecule has 2 rings (SSSR count). The smallest absolute Gasteiger partial charge is 0.373 e. The lowest BCUT2D eigenvalue weighted by molar-refractivity contribution is 0.0402. The van der Waals surface area contributed by atoms with Gasteiger partial charge >= 0.3 is 8.80 Å². The largest absolute Gasteiger partial charge is 0.511 e. The van der Waals surface area contributed by atoms with Gasteiger partial charge in [0, 0.05) is 19.8 Å². The summed E-state index contributed by atoms with van der Waals surface area (Å²) in [5, 5.41) is 0.0666. The summed E-state index contributed by atoms with van der Waals surface area (Å²) in [6.07, 6.45) is 11.4. The molecule has 2 aliphatic rings. The number of rotatable bonds is 10. The summed E-state index contributed by atoms with van der Waals surface area (Å²) in [7, 11) is -2.62. The van der Waals surface area contributed by atoms with Gasteiger partial charge in [-0.15, -0.1) is 0 Å². The Morgan fingerprint density at radius 2 is 1.55 bits per heavy atom. The van der Waals surface area contributed by atoms with Crippen molar-refractivity contribution in [2.24, 2.45) is 5.92 Å². The average molecular weight is 298 g/mol. The minimum absolute atomic E-state index is 0.0666. The molecule has 0 heterocycles. The second-order valence-electron chi connectivity index (χ2n) is 6.12. The molecule has 1 fully saturated rings. The fourth-order valence-electron chi connectivity index (χ4n) is 3.40. The van der Waals surface area contributed by atoms with Gasteiger partial charge in [0.1, 0.15) is 0 Å². The molecule has 3 nitrogen and oxygen atoms in total. The van der Waals surface area contributed by atoms with E-state index in [1.54, 1.807) is 0 Å². The minimum Gasteiger partial charge on any atom is -0.373 e. The third-order valence-corrected chi connectivity index (χ3v) is 7.97.